The highest BCUT2D eigenvalue weighted by atomic mass is 32.1. The molecule has 2 aromatic heterocycles. The highest BCUT2D eigenvalue weighted by molar-refractivity contribution is 7.09. The third kappa shape index (κ3) is 7.03. The van der Waals surface area contributed by atoms with E-state index in [1.165, 1.54) is 4.80 Å². The largest absolute Gasteiger partial charge is 0.493 e. The summed E-state index contributed by atoms with van der Waals surface area (Å²) < 4.78 is 10.6. The highest BCUT2D eigenvalue weighted by Gasteiger charge is 2.29. The van der Waals surface area contributed by atoms with Gasteiger partial charge >= 0.3 is 0 Å². The van der Waals surface area contributed by atoms with Gasteiger partial charge in [0.1, 0.15) is 12.6 Å². The Bertz CT molecular complexity index is 1130. The summed E-state index contributed by atoms with van der Waals surface area (Å²) in [6.07, 6.45) is 1.37. The molecule has 1 aromatic carbocycles. The van der Waals surface area contributed by atoms with Gasteiger partial charge in [-0.3, -0.25) is 9.59 Å². The smallest absolute Gasteiger partial charge is 0.247 e. The predicted octanol–water partition coefficient (Wildman–Crippen LogP) is 3.39. The molecule has 11 heteroatoms. The van der Waals surface area contributed by atoms with Crippen molar-refractivity contribution in [2.75, 3.05) is 20.8 Å². The molecular weight excluding hydrogens is 480 g/mol. The van der Waals surface area contributed by atoms with E-state index in [4.69, 9.17) is 9.47 Å². The molecule has 0 saturated heterocycles. The Labute approximate surface area is 215 Å². The maximum Gasteiger partial charge on any atom is 0.247 e. The summed E-state index contributed by atoms with van der Waals surface area (Å²) >= 11 is 1.55. The van der Waals surface area contributed by atoms with Crippen LogP contribution in [0, 0.1) is 5.92 Å². The molecule has 36 heavy (non-hydrogen) atoms. The Morgan fingerprint density at radius 3 is 2.58 bits per heavy atom. The quantitative estimate of drug-likeness (QED) is 0.372. The number of benzene rings is 1. The molecule has 0 aliphatic rings. The number of thiophene rings is 1. The fourth-order valence-corrected chi connectivity index (χ4v) is 4.41. The van der Waals surface area contributed by atoms with Gasteiger partial charge in [0.05, 0.1) is 20.8 Å². The van der Waals surface area contributed by atoms with Gasteiger partial charge in [0.2, 0.25) is 17.6 Å². The number of methoxy groups -OCH3 is 2. The van der Waals surface area contributed by atoms with Gasteiger partial charge in [0, 0.05) is 17.0 Å². The van der Waals surface area contributed by atoms with Gasteiger partial charge in [-0.25, -0.2) is 0 Å². The summed E-state index contributed by atoms with van der Waals surface area (Å²) in [4.78, 5) is 30.3. The average molecular weight is 515 g/mol. The summed E-state index contributed by atoms with van der Waals surface area (Å²) in [5.74, 6) is 1.55. The van der Waals surface area contributed by atoms with Crippen LogP contribution in [0.1, 0.15) is 38.5 Å². The lowest BCUT2D eigenvalue weighted by Crippen LogP contribution is -2.50. The Hall–Kier alpha value is -3.47. The number of hydrogen-bond acceptors (Lipinski definition) is 8. The second-order valence-electron chi connectivity index (χ2n) is 8.71. The summed E-state index contributed by atoms with van der Waals surface area (Å²) in [6, 6.07) is 8.59. The van der Waals surface area contributed by atoms with E-state index in [0.29, 0.717) is 48.3 Å². The van der Waals surface area contributed by atoms with E-state index in [2.05, 4.69) is 34.6 Å². The monoisotopic (exact) mass is 514 g/mol. The number of amides is 2. The summed E-state index contributed by atoms with van der Waals surface area (Å²) in [6.45, 7) is 6.90. The number of hydrogen-bond donors (Lipinski definition) is 1. The summed E-state index contributed by atoms with van der Waals surface area (Å²) in [5, 5.41) is 17.5. The number of tetrazole rings is 1. The maximum absolute atomic E-state index is 13.4. The molecule has 0 spiro atoms. The van der Waals surface area contributed by atoms with Crippen molar-refractivity contribution in [3.05, 3.63) is 40.6 Å². The zero-order valence-electron chi connectivity index (χ0n) is 21.4. The number of aromatic nitrogens is 4. The Kier molecular flexibility index (Phi) is 9.80. The molecule has 1 N–H and O–H groups in total. The average Bonchev–Trinajstić information content (AvgIpc) is 3.55. The predicted molar refractivity (Wildman–Crippen MR) is 138 cm³/mol. The highest BCUT2D eigenvalue weighted by Crippen LogP contribution is 2.30. The Morgan fingerprint density at radius 2 is 1.94 bits per heavy atom. The van der Waals surface area contributed by atoms with E-state index in [1.54, 1.807) is 48.7 Å². The van der Waals surface area contributed by atoms with Gasteiger partial charge in [-0.05, 0) is 53.6 Å². The van der Waals surface area contributed by atoms with E-state index in [1.807, 2.05) is 24.4 Å². The van der Waals surface area contributed by atoms with Crippen molar-refractivity contribution in [3.63, 3.8) is 0 Å². The van der Waals surface area contributed by atoms with Crippen LogP contribution in [0.15, 0.2) is 35.7 Å². The molecule has 0 bridgehead atoms. The molecule has 0 aliphatic carbocycles. The third-order valence-corrected chi connectivity index (χ3v) is 6.55. The van der Waals surface area contributed by atoms with Crippen molar-refractivity contribution >= 4 is 23.2 Å². The topological polar surface area (TPSA) is 111 Å². The van der Waals surface area contributed by atoms with Crippen LogP contribution in [0.5, 0.6) is 11.5 Å². The normalized spacial score (nSPS) is 11.8. The first-order chi connectivity index (χ1) is 17.4. The van der Waals surface area contributed by atoms with Crippen LogP contribution in [-0.4, -0.2) is 63.7 Å². The Balaban J connectivity index is 1.77. The molecular formula is C25H34N6O4S. The molecule has 1 atom stereocenters. The van der Waals surface area contributed by atoms with E-state index in [-0.39, 0.29) is 18.4 Å². The zero-order valence-corrected chi connectivity index (χ0v) is 22.2. The molecule has 0 saturated carbocycles. The lowest BCUT2D eigenvalue weighted by Gasteiger charge is -2.30. The van der Waals surface area contributed by atoms with E-state index in [9.17, 15) is 9.59 Å². The van der Waals surface area contributed by atoms with Gasteiger partial charge in [0.25, 0.3) is 0 Å². The first-order valence-corrected chi connectivity index (χ1v) is 12.8. The minimum absolute atomic E-state index is 0.137. The summed E-state index contributed by atoms with van der Waals surface area (Å²) in [5.41, 5.74) is 0.678. The molecule has 0 radical (unpaired) electrons. The summed E-state index contributed by atoms with van der Waals surface area (Å²) in [7, 11) is 3.11. The lowest BCUT2D eigenvalue weighted by atomic mass is 10.1. The third-order valence-electron chi connectivity index (χ3n) is 5.68. The van der Waals surface area contributed by atoms with Crippen LogP contribution >= 0.6 is 11.3 Å². The molecule has 10 nitrogen and oxygen atoms in total. The van der Waals surface area contributed by atoms with Crippen LogP contribution in [0.2, 0.25) is 0 Å². The van der Waals surface area contributed by atoms with Gasteiger partial charge < -0.3 is 19.7 Å². The van der Waals surface area contributed by atoms with Crippen LogP contribution in [-0.2, 0) is 22.7 Å². The number of nitrogens with one attached hydrogen (secondary N) is 1. The minimum Gasteiger partial charge on any atom is -0.493 e. The van der Waals surface area contributed by atoms with E-state index >= 15 is 0 Å². The molecule has 0 aliphatic heterocycles. The number of nitrogens with zero attached hydrogens (tertiary/aromatic N) is 5. The number of carbonyl (C=O) groups excluding carboxylic acids is 2. The van der Waals surface area contributed by atoms with Crippen LogP contribution in [0.25, 0.3) is 11.4 Å². The molecule has 3 aromatic rings. The maximum atomic E-state index is 13.4. The molecule has 2 heterocycles. The van der Waals surface area contributed by atoms with Gasteiger partial charge in [-0.1, -0.05) is 26.8 Å². The SMILES string of the molecule is CC[C@@H](C(=O)NCCC(C)C)N(Cc1cccs1)C(=O)Cn1nnc(-c2ccc(OC)c(OC)c2)n1. The van der Waals surface area contributed by atoms with Crippen molar-refractivity contribution in [1.82, 2.24) is 30.4 Å². The van der Waals surface area contributed by atoms with E-state index < -0.39 is 6.04 Å². The fraction of sp³-hybridized carbons (Fsp3) is 0.480. The van der Waals surface area contributed by atoms with Crippen molar-refractivity contribution in [3.8, 4) is 22.9 Å². The zero-order chi connectivity index (χ0) is 26.1. The van der Waals surface area contributed by atoms with Gasteiger partial charge in [-0.2, -0.15) is 4.80 Å². The van der Waals surface area contributed by atoms with Gasteiger partial charge in [0.15, 0.2) is 11.5 Å². The Morgan fingerprint density at radius 1 is 1.17 bits per heavy atom. The molecule has 0 unspecified atom stereocenters. The van der Waals surface area contributed by atoms with Crippen LogP contribution in [0.3, 0.4) is 0 Å². The molecule has 2 amide bonds. The molecule has 3 rings (SSSR count). The molecule has 194 valence electrons. The van der Waals surface area contributed by atoms with Crippen molar-refractivity contribution in [2.24, 2.45) is 5.92 Å². The number of rotatable bonds is 13. The number of carbonyl (C=O) groups is 2. The standard InChI is InChI=1S/C25H34N6O4S/c1-6-20(25(33)26-12-11-17(2)3)30(15-19-8-7-13-36-19)23(32)16-31-28-24(27-29-31)18-9-10-21(34-4)22(14-18)35-5/h7-10,13-14,17,20H,6,11-12,15-16H2,1-5H3,(H,26,33)/t20-/m0/s1. The second-order valence-corrected chi connectivity index (χ2v) is 9.74. The van der Waals surface area contributed by atoms with Crippen molar-refractivity contribution in [2.45, 2.75) is 52.7 Å². The lowest BCUT2D eigenvalue weighted by molar-refractivity contribution is -0.142. The van der Waals surface area contributed by atoms with Gasteiger partial charge in [-0.15, -0.1) is 21.5 Å². The van der Waals surface area contributed by atoms with Crippen molar-refractivity contribution in [1.29, 1.82) is 0 Å². The first kappa shape index (κ1) is 27.1. The van der Waals surface area contributed by atoms with Crippen LogP contribution < -0.4 is 14.8 Å². The number of ether oxygens (including phenoxy) is 2. The van der Waals surface area contributed by atoms with E-state index in [0.717, 1.165) is 11.3 Å². The minimum atomic E-state index is -0.597. The second kappa shape index (κ2) is 13.0. The first-order valence-electron chi connectivity index (χ1n) is 12.0. The fourth-order valence-electron chi connectivity index (χ4n) is 3.70. The molecule has 0 fully saturated rings. The van der Waals surface area contributed by atoms with Crippen LogP contribution in [0.4, 0.5) is 0 Å². The van der Waals surface area contributed by atoms with Crippen molar-refractivity contribution < 1.29 is 19.1 Å².